The average molecular weight is 577 g/mol. The number of carbonyl (C=O) groups is 3. The summed E-state index contributed by atoms with van der Waals surface area (Å²) < 4.78 is 16.3. The van der Waals surface area contributed by atoms with E-state index in [0.717, 1.165) is 37.1 Å². The maximum absolute atomic E-state index is 13.0. The number of ether oxygens (including phenoxy) is 2. The van der Waals surface area contributed by atoms with Crippen molar-refractivity contribution in [2.75, 3.05) is 13.2 Å². The zero-order valence-corrected chi connectivity index (χ0v) is 25.2. The van der Waals surface area contributed by atoms with Crippen molar-refractivity contribution in [3.8, 4) is 0 Å². The maximum Gasteiger partial charge on any atom is 0.437 e. The lowest BCUT2D eigenvalue weighted by molar-refractivity contribution is -0.130. The number of rotatable bonds is 7. The Morgan fingerprint density at radius 2 is 1.83 bits per heavy atom. The number of alkyl carbamates (subject to hydrolysis) is 1. The molecule has 13 heteroatoms. The monoisotopic (exact) mass is 576 g/mol. The van der Waals surface area contributed by atoms with Crippen LogP contribution in [-0.2, 0) is 14.3 Å². The number of fused-ring (bicyclic) bond motifs is 2. The van der Waals surface area contributed by atoms with Gasteiger partial charge < -0.3 is 24.2 Å². The van der Waals surface area contributed by atoms with Gasteiger partial charge >= 0.3 is 18.2 Å². The topological polar surface area (TPSA) is 148 Å². The van der Waals surface area contributed by atoms with Crippen LogP contribution in [0.5, 0.6) is 0 Å². The number of urea groups is 1. The second-order valence-electron chi connectivity index (χ2n) is 12.9. The van der Waals surface area contributed by atoms with Crippen molar-refractivity contribution in [3.63, 3.8) is 0 Å². The van der Waals surface area contributed by atoms with E-state index in [1.165, 1.54) is 0 Å². The number of piperidine rings is 1. The number of nitrogens with one attached hydrogen (secondary N) is 2. The van der Waals surface area contributed by atoms with Crippen LogP contribution in [0.25, 0.3) is 0 Å². The van der Waals surface area contributed by atoms with Gasteiger partial charge in [0.25, 0.3) is 0 Å². The zero-order chi connectivity index (χ0) is 29.9. The minimum atomic E-state index is -0.827. The highest BCUT2D eigenvalue weighted by Gasteiger charge is 2.47. The molecule has 2 bridgehead atoms. The Labute approximate surface area is 241 Å². The smallest absolute Gasteiger partial charge is 0.437 e. The quantitative estimate of drug-likeness (QED) is 0.260. The van der Waals surface area contributed by atoms with Crippen LogP contribution in [0.2, 0.25) is 0 Å². The van der Waals surface area contributed by atoms with Crippen LogP contribution in [0.3, 0.4) is 0 Å². The number of hydroxylamine groups is 2. The first-order valence-electron chi connectivity index (χ1n) is 14.5. The third kappa shape index (κ3) is 8.11. The number of amides is 4. The van der Waals surface area contributed by atoms with E-state index in [2.05, 4.69) is 27.7 Å². The lowest BCUT2D eigenvalue weighted by Crippen LogP contribution is -2.51. The predicted molar refractivity (Wildman–Crippen MR) is 149 cm³/mol. The molecule has 1 aliphatic carbocycles. The van der Waals surface area contributed by atoms with E-state index in [1.54, 1.807) is 46.6 Å². The standard InChI is InChI=1S/C28H44N6O7/c1-8-9-12-38-34-19-10-11-21(33(16-19)26(34)37)20-15-22(41-32-20)17-13-18(14-17)29-23(30-24(35)39-27(2,3)4)31-25(36)40-28(5,6)7/h15,17-19,21H,8-14,16H2,1-7H3,(H2,29,30,31,35,36)/t17?,18?,19-,21-/m0/s1. The van der Waals surface area contributed by atoms with E-state index < -0.39 is 23.4 Å². The number of unbranched alkanes of at least 4 members (excludes halogenated alkanes) is 1. The number of guanidine groups is 1. The van der Waals surface area contributed by atoms with Gasteiger partial charge in [-0.1, -0.05) is 18.5 Å². The van der Waals surface area contributed by atoms with E-state index >= 15 is 0 Å². The number of nitrogens with zero attached hydrogens (tertiary/aromatic N) is 4. The van der Waals surface area contributed by atoms with Gasteiger partial charge in [0, 0.05) is 24.6 Å². The van der Waals surface area contributed by atoms with Gasteiger partial charge in [-0.2, -0.15) is 5.06 Å². The second-order valence-corrected chi connectivity index (χ2v) is 12.9. The van der Waals surface area contributed by atoms with Gasteiger partial charge in [-0.25, -0.2) is 14.4 Å². The molecule has 1 saturated carbocycles. The van der Waals surface area contributed by atoms with Gasteiger partial charge in [-0.15, -0.1) is 4.99 Å². The summed E-state index contributed by atoms with van der Waals surface area (Å²) >= 11 is 0. The number of hydrogen-bond donors (Lipinski definition) is 2. The van der Waals surface area contributed by atoms with Crippen molar-refractivity contribution in [1.29, 1.82) is 0 Å². The Balaban J connectivity index is 1.34. The first-order valence-corrected chi connectivity index (χ1v) is 14.5. The minimum absolute atomic E-state index is 0.0368. The fourth-order valence-corrected chi connectivity index (χ4v) is 5.10. The van der Waals surface area contributed by atoms with Crippen LogP contribution >= 0.6 is 0 Å². The maximum atomic E-state index is 13.0. The number of hydrogen-bond acceptors (Lipinski definition) is 8. The first kappa shape index (κ1) is 30.6. The van der Waals surface area contributed by atoms with E-state index in [4.69, 9.17) is 18.8 Å². The van der Waals surface area contributed by atoms with Gasteiger partial charge in [0.15, 0.2) is 0 Å². The normalized spacial score (nSPS) is 24.7. The molecule has 4 rings (SSSR count). The summed E-state index contributed by atoms with van der Waals surface area (Å²) in [6.45, 7) is 13.7. The van der Waals surface area contributed by atoms with Gasteiger partial charge in [0.05, 0.1) is 18.7 Å². The predicted octanol–water partition coefficient (Wildman–Crippen LogP) is 5.00. The number of carbonyl (C=O) groups excluding carboxylic acids is 3. The summed E-state index contributed by atoms with van der Waals surface area (Å²) in [5.41, 5.74) is -0.702. The molecule has 0 radical (unpaired) electrons. The molecular weight excluding hydrogens is 532 g/mol. The van der Waals surface area contributed by atoms with E-state index in [-0.39, 0.29) is 36.0 Å². The summed E-state index contributed by atoms with van der Waals surface area (Å²) in [5.74, 6) is 0.802. The largest absolute Gasteiger partial charge is 0.444 e. The van der Waals surface area contributed by atoms with Crippen LogP contribution in [-0.4, -0.2) is 75.7 Å². The van der Waals surface area contributed by atoms with Crippen LogP contribution in [0, 0.1) is 0 Å². The molecule has 2 aliphatic heterocycles. The molecular formula is C28H44N6O7. The fourth-order valence-electron chi connectivity index (χ4n) is 5.10. The van der Waals surface area contributed by atoms with Crippen molar-refractivity contribution in [3.05, 3.63) is 17.5 Å². The van der Waals surface area contributed by atoms with Gasteiger partial charge in [-0.3, -0.25) is 10.2 Å². The molecule has 13 nitrogen and oxygen atoms in total. The van der Waals surface area contributed by atoms with E-state index in [0.29, 0.717) is 26.0 Å². The molecule has 3 aliphatic rings. The first-order chi connectivity index (χ1) is 19.2. The van der Waals surface area contributed by atoms with Crippen LogP contribution in [0.15, 0.2) is 15.6 Å². The number of aromatic nitrogens is 1. The molecule has 0 spiro atoms. The Hall–Kier alpha value is -3.35. The lowest BCUT2D eigenvalue weighted by atomic mass is 9.78. The highest BCUT2D eigenvalue weighted by molar-refractivity contribution is 5.99. The molecule has 2 atom stereocenters. The molecule has 41 heavy (non-hydrogen) atoms. The van der Waals surface area contributed by atoms with Crippen molar-refractivity contribution in [1.82, 2.24) is 25.8 Å². The molecule has 228 valence electrons. The Morgan fingerprint density at radius 1 is 1.12 bits per heavy atom. The molecule has 3 fully saturated rings. The third-order valence-electron chi connectivity index (χ3n) is 7.04. The van der Waals surface area contributed by atoms with Gasteiger partial charge in [0.2, 0.25) is 5.96 Å². The van der Waals surface area contributed by atoms with Crippen molar-refractivity contribution >= 4 is 24.2 Å². The summed E-state index contributed by atoms with van der Waals surface area (Å²) in [5, 5.41) is 11.5. The summed E-state index contributed by atoms with van der Waals surface area (Å²) in [6.07, 6.45) is 3.35. The molecule has 2 saturated heterocycles. The second kappa shape index (κ2) is 12.3. The van der Waals surface area contributed by atoms with Crippen molar-refractivity contribution in [2.45, 2.75) is 122 Å². The van der Waals surface area contributed by atoms with Crippen LogP contribution < -0.4 is 10.6 Å². The minimum Gasteiger partial charge on any atom is -0.444 e. The van der Waals surface area contributed by atoms with Crippen LogP contribution in [0.1, 0.15) is 110 Å². The van der Waals surface area contributed by atoms with Gasteiger partial charge in [-0.05, 0) is 73.6 Å². The average Bonchev–Trinajstić information content (AvgIpc) is 3.38. The molecule has 1 aromatic rings. The Bertz CT molecular complexity index is 1130. The summed E-state index contributed by atoms with van der Waals surface area (Å²) in [6, 6.07) is 1.69. The molecule has 1 aromatic heterocycles. The third-order valence-corrected chi connectivity index (χ3v) is 7.04. The van der Waals surface area contributed by atoms with Gasteiger partial charge in [0.1, 0.15) is 22.7 Å². The van der Waals surface area contributed by atoms with E-state index in [9.17, 15) is 14.4 Å². The van der Waals surface area contributed by atoms with Crippen molar-refractivity contribution < 1.29 is 33.2 Å². The van der Waals surface area contributed by atoms with E-state index in [1.807, 2.05) is 11.0 Å². The molecule has 0 aromatic carbocycles. The zero-order valence-electron chi connectivity index (χ0n) is 25.2. The number of aliphatic imine (C=N–C) groups is 1. The van der Waals surface area contributed by atoms with Crippen molar-refractivity contribution in [2.24, 2.45) is 4.99 Å². The molecule has 3 heterocycles. The SMILES string of the molecule is CCCCON1C(=O)N2C[C@@H]1CC[C@H]2c1cc(C2CC(N/C(=N\C(=O)OC(C)(C)C)NC(=O)OC(C)(C)C)C2)on1. The highest BCUT2D eigenvalue weighted by atomic mass is 16.7. The Morgan fingerprint density at radius 3 is 2.49 bits per heavy atom. The fraction of sp³-hybridized carbons (Fsp3) is 0.750. The highest BCUT2D eigenvalue weighted by Crippen LogP contribution is 2.41. The Kier molecular flexibility index (Phi) is 9.15. The lowest BCUT2D eigenvalue weighted by Gasteiger charge is -2.35. The summed E-state index contributed by atoms with van der Waals surface area (Å²) in [7, 11) is 0. The molecule has 4 amide bonds. The summed E-state index contributed by atoms with van der Waals surface area (Å²) in [4.78, 5) is 49.2. The molecule has 0 unspecified atom stereocenters. The molecule has 2 N–H and O–H groups in total. The van der Waals surface area contributed by atoms with Crippen LogP contribution in [0.4, 0.5) is 14.4 Å².